The Morgan fingerprint density at radius 1 is 1.30 bits per heavy atom. The normalized spacial score (nSPS) is 14.6. The molecule has 2 rings (SSSR count). The Kier molecular flexibility index (Phi) is 4.98. The molecule has 0 spiro atoms. The Labute approximate surface area is 118 Å². The summed E-state index contributed by atoms with van der Waals surface area (Å²) >= 11 is 0. The number of carbonyl (C=O) groups is 2. The lowest BCUT2D eigenvalue weighted by Crippen LogP contribution is -2.54. The molecule has 0 aromatic heterocycles. The van der Waals surface area contributed by atoms with Crippen LogP contribution in [0.2, 0.25) is 0 Å². The first-order valence-corrected chi connectivity index (χ1v) is 6.98. The van der Waals surface area contributed by atoms with Crippen LogP contribution in [-0.4, -0.2) is 36.6 Å². The van der Waals surface area contributed by atoms with Gasteiger partial charge in [-0.15, -0.1) is 0 Å². The molecule has 1 fully saturated rings. The van der Waals surface area contributed by atoms with Gasteiger partial charge < -0.3 is 15.0 Å². The summed E-state index contributed by atoms with van der Waals surface area (Å²) in [5, 5.41) is 2.84. The van der Waals surface area contributed by atoms with Crippen LogP contribution < -0.4 is 5.32 Å². The summed E-state index contributed by atoms with van der Waals surface area (Å²) in [6, 6.07) is 9.31. The van der Waals surface area contributed by atoms with Crippen molar-refractivity contribution in [2.75, 3.05) is 25.0 Å². The molecule has 1 aromatic carbocycles. The van der Waals surface area contributed by atoms with Gasteiger partial charge in [-0.1, -0.05) is 31.5 Å². The largest absolute Gasteiger partial charge is 0.449 e. The minimum Gasteiger partial charge on any atom is -0.449 e. The second-order valence-corrected chi connectivity index (χ2v) is 4.93. The van der Waals surface area contributed by atoms with Crippen molar-refractivity contribution in [3.63, 3.8) is 0 Å². The van der Waals surface area contributed by atoms with E-state index in [9.17, 15) is 9.59 Å². The molecule has 1 heterocycles. The molecule has 1 aliphatic heterocycles. The third-order valence-corrected chi connectivity index (χ3v) is 3.28. The van der Waals surface area contributed by atoms with E-state index in [2.05, 4.69) is 5.32 Å². The third kappa shape index (κ3) is 3.73. The monoisotopic (exact) mass is 276 g/mol. The van der Waals surface area contributed by atoms with Crippen molar-refractivity contribution in [2.45, 2.75) is 19.8 Å². The van der Waals surface area contributed by atoms with E-state index in [0.29, 0.717) is 19.7 Å². The molecule has 0 radical (unpaired) electrons. The van der Waals surface area contributed by atoms with Gasteiger partial charge in [0.1, 0.15) is 0 Å². The lowest BCUT2D eigenvalue weighted by molar-refractivity contribution is -0.124. The predicted octanol–water partition coefficient (Wildman–Crippen LogP) is 2.49. The van der Waals surface area contributed by atoms with Crippen LogP contribution >= 0.6 is 0 Å². The fourth-order valence-corrected chi connectivity index (χ4v) is 1.95. The summed E-state index contributed by atoms with van der Waals surface area (Å²) in [4.78, 5) is 25.1. The van der Waals surface area contributed by atoms with Crippen LogP contribution in [0.5, 0.6) is 0 Å². The average molecular weight is 276 g/mol. The van der Waals surface area contributed by atoms with E-state index >= 15 is 0 Å². The first-order valence-electron chi connectivity index (χ1n) is 6.98. The standard InChI is InChI=1S/C15H20N2O3/c1-2-3-9-20-15(19)17-10-12(11-17)14(18)16-13-7-5-4-6-8-13/h4-8,12H,2-3,9-11H2,1H3,(H,16,18). The number of hydrogen-bond acceptors (Lipinski definition) is 3. The first-order chi connectivity index (χ1) is 9.70. The van der Waals surface area contributed by atoms with Crippen LogP contribution in [0.3, 0.4) is 0 Å². The minimum absolute atomic E-state index is 0.0474. The highest BCUT2D eigenvalue weighted by molar-refractivity contribution is 5.94. The Morgan fingerprint density at radius 3 is 2.65 bits per heavy atom. The number of hydrogen-bond donors (Lipinski definition) is 1. The number of amides is 2. The van der Waals surface area contributed by atoms with E-state index in [4.69, 9.17) is 4.74 Å². The number of ether oxygens (including phenoxy) is 1. The van der Waals surface area contributed by atoms with Crippen molar-refractivity contribution in [3.8, 4) is 0 Å². The number of anilines is 1. The number of unbranched alkanes of at least 4 members (excludes halogenated alkanes) is 1. The van der Waals surface area contributed by atoms with Crippen molar-refractivity contribution < 1.29 is 14.3 Å². The quantitative estimate of drug-likeness (QED) is 0.841. The van der Waals surface area contributed by atoms with Gasteiger partial charge in [-0.05, 0) is 18.6 Å². The first kappa shape index (κ1) is 14.4. The van der Waals surface area contributed by atoms with E-state index in [1.54, 1.807) is 4.90 Å². The number of carbonyl (C=O) groups excluding carboxylic acids is 2. The van der Waals surface area contributed by atoms with Gasteiger partial charge in [0.2, 0.25) is 5.91 Å². The SMILES string of the molecule is CCCCOC(=O)N1CC(C(=O)Nc2ccccc2)C1. The second kappa shape index (κ2) is 6.93. The summed E-state index contributed by atoms with van der Waals surface area (Å²) in [6.45, 7) is 3.36. The summed E-state index contributed by atoms with van der Waals surface area (Å²) < 4.78 is 5.09. The van der Waals surface area contributed by atoms with Crippen molar-refractivity contribution in [1.29, 1.82) is 0 Å². The zero-order chi connectivity index (χ0) is 14.4. The van der Waals surface area contributed by atoms with Crippen molar-refractivity contribution in [3.05, 3.63) is 30.3 Å². The average Bonchev–Trinajstić information content (AvgIpc) is 2.38. The molecule has 5 heteroatoms. The van der Waals surface area contributed by atoms with Gasteiger partial charge in [0.05, 0.1) is 12.5 Å². The topological polar surface area (TPSA) is 58.6 Å². The molecule has 1 saturated heterocycles. The molecule has 2 amide bonds. The molecule has 1 N–H and O–H groups in total. The molecular weight excluding hydrogens is 256 g/mol. The van der Waals surface area contributed by atoms with Gasteiger partial charge >= 0.3 is 6.09 Å². The Morgan fingerprint density at radius 2 is 2.00 bits per heavy atom. The maximum absolute atomic E-state index is 11.9. The molecule has 0 unspecified atom stereocenters. The summed E-state index contributed by atoms with van der Waals surface area (Å²) in [7, 11) is 0. The number of nitrogens with zero attached hydrogens (tertiary/aromatic N) is 1. The van der Waals surface area contributed by atoms with Crippen LogP contribution in [-0.2, 0) is 9.53 Å². The molecule has 0 aliphatic carbocycles. The van der Waals surface area contributed by atoms with Gasteiger partial charge in [-0.25, -0.2) is 4.79 Å². The molecule has 0 bridgehead atoms. The molecule has 0 saturated carbocycles. The highest BCUT2D eigenvalue weighted by atomic mass is 16.6. The maximum atomic E-state index is 11.9. The predicted molar refractivity (Wildman–Crippen MR) is 76.4 cm³/mol. The third-order valence-electron chi connectivity index (χ3n) is 3.28. The molecule has 1 aromatic rings. The van der Waals surface area contributed by atoms with Crippen LogP contribution in [0.25, 0.3) is 0 Å². The van der Waals surface area contributed by atoms with Crippen molar-refractivity contribution in [2.24, 2.45) is 5.92 Å². The molecular formula is C15H20N2O3. The molecule has 1 aliphatic rings. The van der Waals surface area contributed by atoms with Gasteiger partial charge in [0.15, 0.2) is 0 Å². The Balaban J connectivity index is 1.70. The van der Waals surface area contributed by atoms with Gasteiger partial charge in [0.25, 0.3) is 0 Å². The van der Waals surface area contributed by atoms with E-state index in [0.717, 1.165) is 18.5 Å². The number of para-hydroxylation sites is 1. The molecule has 5 nitrogen and oxygen atoms in total. The van der Waals surface area contributed by atoms with Gasteiger partial charge in [-0.2, -0.15) is 0 Å². The fourth-order valence-electron chi connectivity index (χ4n) is 1.95. The summed E-state index contributed by atoms with van der Waals surface area (Å²) in [5.41, 5.74) is 0.779. The smallest absolute Gasteiger partial charge is 0.409 e. The van der Waals surface area contributed by atoms with Crippen LogP contribution in [0.4, 0.5) is 10.5 Å². The van der Waals surface area contributed by atoms with E-state index < -0.39 is 0 Å². The van der Waals surface area contributed by atoms with Crippen LogP contribution in [0, 0.1) is 5.92 Å². The van der Waals surface area contributed by atoms with Crippen molar-refractivity contribution in [1.82, 2.24) is 4.90 Å². The lowest BCUT2D eigenvalue weighted by atomic mass is 10.00. The molecule has 20 heavy (non-hydrogen) atoms. The van der Waals surface area contributed by atoms with Gasteiger partial charge in [0, 0.05) is 18.8 Å². The van der Waals surface area contributed by atoms with E-state index in [-0.39, 0.29) is 17.9 Å². The highest BCUT2D eigenvalue weighted by Gasteiger charge is 2.36. The Bertz CT molecular complexity index is 455. The number of likely N-dealkylation sites (tertiary alicyclic amines) is 1. The van der Waals surface area contributed by atoms with E-state index in [1.807, 2.05) is 37.3 Å². The van der Waals surface area contributed by atoms with Crippen LogP contribution in [0.1, 0.15) is 19.8 Å². The zero-order valence-corrected chi connectivity index (χ0v) is 11.7. The fraction of sp³-hybridized carbons (Fsp3) is 0.467. The molecule has 108 valence electrons. The summed E-state index contributed by atoms with van der Waals surface area (Å²) in [5.74, 6) is -0.192. The highest BCUT2D eigenvalue weighted by Crippen LogP contribution is 2.19. The zero-order valence-electron chi connectivity index (χ0n) is 11.7. The lowest BCUT2D eigenvalue weighted by Gasteiger charge is -2.37. The molecule has 0 atom stereocenters. The maximum Gasteiger partial charge on any atom is 0.409 e. The van der Waals surface area contributed by atoms with Gasteiger partial charge in [-0.3, -0.25) is 4.79 Å². The minimum atomic E-state index is -0.317. The number of rotatable bonds is 5. The number of benzene rings is 1. The van der Waals surface area contributed by atoms with Crippen molar-refractivity contribution >= 4 is 17.7 Å². The number of nitrogens with one attached hydrogen (secondary N) is 1. The second-order valence-electron chi connectivity index (χ2n) is 4.93. The Hall–Kier alpha value is -2.04. The van der Waals surface area contributed by atoms with Crippen LogP contribution in [0.15, 0.2) is 30.3 Å². The summed E-state index contributed by atoms with van der Waals surface area (Å²) in [6.07, 6.45) is 1.55. The van der Waals surface area contributed by atoms with E-state index in [1.165, 1.54) is 0 Å².